The Labute approximate surface area is 126 Å². The Morgan fingerprint density at radius 3 is 2.52 bits per heavy atom. The number of aromatic nitrogens is 2. The first-order valence-corrected chi connectivity index (χ1v) is 7.96. The lowest BCUT2D eigenvalue weighted by molar-refractivity contribution is 0.199. The van der Waals surface area contributed by atoms with E-state index in [2.05, 4.69) is 25.1 Å². The Bertz CT molecular complexity index is 417. The highest BCUT2D eigenvalue weighted by molar-refractivity contribution is 5.29. The summed E-state index contributed by atoms with van der Waals surface area (Å²) in [5.41, 5.74) is 0. The summed E-state index contributed by atoms with van der Waals surface area (Å²) in [7, 11) is 0. The molecule has 116 valence electrons. The molecule has 3 rings (SSSR count). The third-order valence-electron chi connectivity index (χ3n) is 4.27. The van der Waals surface area contributed by atoms with Gasteiger partial charge in [-0.2, -0.15) is 0 Å². The van der Waals surface area contributed by atoms with Crippen LogP contribution in [0.1, 0.15) is 19.3 Å². The molecule has 0 bridgehead atoms. The van der Waals surface area contributed by atoms with Crippen molar-refractivity contribution >= 4 is 5.95 Å². The molecule has 21 heavy (non-hydrogen) atoms. The third-order valence-corrected chi connectivity index (χ3v) is 4.27. The van der Waals surface area contributed by atoms with Crippen LogP contribution in [0, 0.1) is 0 Å². The van der Waals surface area contributed by atoms with Gasteiger partial charge in [-0.05, 0) is 31.9 Å². The molecule has 1 aromatic rings. The Morgan fingerprint density at radius 2 is 1.90 bits per heavy atom. The molecule has 2 aliphatic rings. The van der Waals surface area contributed by atoms with Gasteiger partial charge in [-0.1, -0.05) is 0 Å². The van der Waals surface area contributed by atoms with Crippen LogP contribution in [-0.2, 0) is 0 Å². The summed E-state index contributed by atoms with van der Waals surface area (Å²) in [6.07, 6.45) is 7.15. The molecule has 1 aliphatic carbocycles. The average molecular weight is 291 g/mol. The fourth-order valence-corrected chi connectivity index (χ4v) is 2.78. The van der Waals surface area contributed by atoms with Gasteiger partial charge in [0.25, 0.3) is 0 Å². The number of anilines is 1. The standard InChI is InChI=1S/C15H25N5O/c21-12-14(18-13-2-3-13)4-7-19-8-10-20(11-9-19)15-16-5-1-6-17-15/h1,5-6,13-14,18,21H,2-4,7-12H2. The van der Waals surface area contributed by atoms with Crippen molar-refractivity contribution in [1.82, 2.24) is 20.2 Å². The highest BCUT2D eigenvalue weighted by atomic mass is 16.3. The highest BCUT2D eigenvalue weighted by Crippen LogP contribution is 2.20. The van der Waals surface area contributed by atoms with Crippen molar-refractivity contribution in [2.45, 2.75) is 31.3 Å². The molecule has 1 aliphatic heterocycles. The molecule has 1 saturated carbocycles. The molecule has 1 atom stereocenters. The van der Waals surface area contributed by atoms with E-state index in [1.165, 1.54) is 12.8 Å². The van der Waals surface area contributed by atoms with Gasteiger partial charge in [0.05, 0.1) is 6.61 Å². The van der Waals surface area contributed by atoms with E-state index in [4.69, 9.17) is 0 Å². The summed E-state index contributed by atoms with van der Waals surface area (Å²) in [5.74, 6) is 0.834. The average Bonchev–Trinajstić information content (AvgIpc) is 3.37. The highest BCUT2D eigenvalue weighted by Gasteiger charge is 2.25. The summed E-state index contributed by atoms with van der Waals surface area (Å²) in [6, 6.07) is 2.77. The molecule has 2 fully saturated rings. The van der Waals surface area contributed by atoms with Gasteiger partial charge in [0, 0.05) is 50.7 Å². The van der Waals surface area contributed by atoms with E-state index in [9.17, 15) is 5.11 Å². The van der Waals surface area contributed by atoms with E-state index in [1.54, 1.807) is 12.4 Å². The van der Waals surface area contributed by atoms with Gasteiger partial charge in [-0.15, -0.1) is 0 Å². The monoisotopic (exact) mass is 291 g/mol. The van der Waals surface area contributed by atoms with E-state index in [0.717, 1.165) is 45.1 Å². The predicted octanol–water partition coefficient (Wildman–Crippen LogP) is 0.102. The number of hydrogen-bond donors (Lipinski definition) is 2. The smallest absolute Gasteiger partial charge is 0.225 e. The van der Waals surface area contributed by atoms with Crippen LogP contribution in [0.5, 0.6) is 0 Å². The van der Waals surface area contributed by atoms with Gasteiger partial charge in [-0.25, -0.2) is 9.97 Å². The largest absolute Gasteiger partial charge is 0.395 e. The zero-order chi connectivity index (χ0) is 14.5. The quantitative estimate of drug-likeness (QED) is 0.743. The zero-order valence-corrected chi connectivity index (χ0v) is 12.5. The fraction of sp³-hybridized carbons (Fsp3) is 0.733. The molecule has 1 saturated heterocycles. The number of hydrogen-bond acceptors (Lipinski definition) is 6. The van der Waals surface area contributed by atoms with Gasteiger partial charge in [0.2, 0.25) is 5.95 Å². The minimum atomic E-state index is 0.244. The minimum absolute atomic E-state index is 0.244. The van der Waals surface area contributed by atoms with Gasteiger partial charge in [-0.3, -0.25) is 4.90 Å². The van der Waals surface area contributed by atoms with Crippen molar-refractivity contribution < 1.29 is 5.11 Å². The molecule has 1 unspecified atom stereocenters. The lowest BCUT2D eigenvalue weighted by Crippen LogP contribution is -2.48. The first-order valence-electron chi connectivity index (χ1n) is 7.96. The second kappa shape index (κ2) is 7.15. The zero-order valence-electron chi connectivity index (χ0n) is 12.5. The van der Waals surface area contributed by atoms with Gasteiger partial charge < -0.3 is 15.3 Å². The van der Waals surface area contributed by atoms with Gasteiger partial charge in [0.15, 0.2) is 0 Å². The van der Waals surface area contributed by atoms with Gasteiger partial charge in [0.1, 0.15) is 0 Å². The van der Waals surface area contributed by atoms with Crippen molar-refractivity contribution in [2.24, 2.45) is 0 Å². The van der Waals surface area contributed by atoms with Crippen LogP contribution >= 0.6 is 0 Å². The van der Waals surface area contributed by atoms with Gasteiger partial charge >= 0.3 is 0 Å². The van der Waals surface area contributed by atoms with E-state index in [1.807, 2.05) is 6.07 Å². The van der Waals surface area contributed by atoms with Crippen LogP contribution < -0.4 is 10.2 Å². The summed E-state index contributed by atoms with van der Waals surface area (Å²) >= 11 is 0. The first kappa shape index (κ1) is 14.7. The van der Waals surface area contributed by atoms with Crippen LogP contribution in [-0.4, -0.2) is 71.4 Å². The number of nitrogens with zero attached hydrogens (tertiary/aromatic N) is 4. The third kappa shape index (κ3) is 4.36. The maximum atomic E-state index is 9.42. The van der Waals surface area contributed by atoms with Crippen LogP contribution in [0.2, 0.25) is 0 Å². The van der Waals surface area contributed by atoms with Crippen molar-refractivity contribution in [1.29, 1.82) is 0 Å². The molecule has 1 aromatic heterocycles. The first-order chi connectivity index (χ1) is 10.3. The van der Waals surface area contributed by atoms with Crippen LogP contribution in [0.4, 0.5) is 5.95 Å². The predicted molar refractivity (Wildman–Crippen MR) is 82.3 cm³/mol. The topological polar surface area (TPSA) is 64.5 Å². The van der Waals surface area contributed by atoms with Crippen molar-refractivity contribution in [2.75, 3.05) is 44.2 Å². The van der Waals surface area contributed by atoms with E-state index < -0.39 is 0 Å². The Kier molecular flexibility index (Phi) is 5.00. The molecule has 2 heterocycles. The SMILES string of the molecule is OCC(CCN1CCN(c2ncccn2)CC1)NC1CC1. The minimum Gasteiger partial charge on any atom is -0.395 e. The van der Waals surface area contributed by atoms with Crippen LogP contribution in [0.3, 0.4) is 0 Å². The Hall–Kier alpha value is -1.24. The number of nitrogens with one attached hydrogen (secondary N) is 1. The normalized spacial score (nSPS) is 21.5. The molecule has 0 radical (unpaired) electrons. The molecule has 6 heteroatoms. The molecule has 0 aromatic carbocycles. The molecule has 6 nitrogen and oxygen atoms in total. The summed E-state index contributed by atoms with van der Waals surface area (Å²) in [5, 5.41) is 12.9. The second-order valence-corrected chi connectivity index (χ2v) is 5.99. The molecule has 2 N–H and O–H groups in total. The van der Waals surface area contributed by atoms with Crippen molar-refractivity contribution in [3.05, 3.63) is 18.5 Å². The summed E-state index contributed by atoms with van der Waals surface area (Å²) in [4.78, 5) is 13.3. The number of aliphatic hydroxyl groups is 1. The molecular formula is C15H25N5O. The maximum absolute atomic E-state index is 9.42. The lowest BCUT2D eigenvalue weighted by atomic mass is 10.2. The van der Waals surface area contributed by atoms with E-state index >= 15 is 0 Å². The fourth-order valence-electron chi connectivity index (χ4n) is 2.78. The summed E-state index contributed by atoms with van der Waals surface area (Å²) in [6.45, 7) is 5.33. The molecular weight excluding hydrogens is 266 g/mol. The Morgan fingerprint density at radius 1 is 1.19 bits per heavy atom. The molecule has 0 spiro atoms. The maximum Gasteiger partial charge on any atom is 0.225 e. The Balaban J connectivity index is 1.39. The number of aliphatic hydroxyl groups excluding tert-OH is 1. The van der Waals surface area contributed by atoms with E-state index in [0.29, 0.717) is 6.04 Å². The number of piperazine rings is 1. The van der Waals surface area contributed by atoms with E-state index in [-0.39, 0.29) is 12.6 Å². The summed E-state index contributed by atoms with van der Waals surface area (Å²) < 4.78 is 0. The number of rotatable bonds is 7. The molecule has 0 amide bonds. The second-order valence-electron chi connectivity index (χ2n) is 5.99. The van der Waals surface area contributed by atoms with Crippen molar-refractivity contribution in [3.63, 3.8) is 0 Å². The lowest BCUT2D eigenvalue weighted by Gasteiger charge is -2.35. The van der Waals surface area contributed by atoms with Crippen LogP contribution in [0.15, 0.2) is 18.5 Å². The van der Waals surface area contributed by atoms with Crippen molar-refractivity contribution in [3.8, 4) is 0 Å². The van der Waals surface area contributed by atoms with Crippen LogP contribution in [0.25, 0.3) is 0 Å².